The van der Waals surface area contributed by atoms with Crippen LogP contribution in [-0.2, 0) is 6.54 Å². The molecule has 1 aliphatic rings. The zero-order valence-electron chi connectivity index (χ0n) is 10.1. The maximum Gasteiger partial charge on any atom is 0.120 e. The first kappa shape index (κ1) is 11.9. The van der Waals surface area contributed by atoms with Crippen molar-refractivity contribution >= 4 is 15.9 Å². The summed E-state index contributed by atoms with van der Waals surface area (Å²) in [7, 11) is 0. The minimum absolute atomic E-state index is 0.826. The summed E-state index contributed by atoms with van der Waals surface area (Å²) >= 11 is 3.44. The molecule has 0 spiro atoms. The van der Waals surface area contributed by atoms with Crippen molar-refractivity contribution in [3.63, 3.8) is 0 Å². The van der Waals surface area contributed by atoms with Gasteiger partial charge in [0.2, 0.25) is 0 Å². The van der Waals surface area contributed by atoms with E-state index >= 15 is 0 Å². The van der Waals surface area contributed by atoms with Gasteiger partial charge in [-0.1, -0.05) is 28.1 Å². The van der Waals surface area contributed by atoms with E-state index in [1.54, 1.807) is 0 Å². The topological polar surface area (TPSA) is 40.7 Å². The van der Waals surface area contributed by atoms with E-state index < -0.39 is 0 Å². The molecular weight excluding hydrogens is 290 g/mol. The molecule has 0 atom stereocenters. The lowest BCUT2D eigenvalue weighted by atomic mass is 10.2. The molecule has 1 saturated carbocycles. The Labute approximate surface area is 115 Å². The third kappa shape index (κ3) is 3.00. The van der Waals surface area contributed by atoms with Crippen LogP contribution in [0.5, 0.6) is 0 Å². The average Bonchev–Trinajstić information content (AvgIpc) is 3.08. The highest BCUT2D eigenvalue weighted by Gasteiger charge is 2.20. The summed E-state index contributed by atoms with van der Waals surface area (Å²) in [5, 5.41) is 3.44. The van der Waals surface area contributed by atoms with E-state index in [-0.39, 0.29) is 0 Å². The van der Waals surface area contributed by atoms with Gasteiger partial charge in [0.15, 0.2) is 0 Å². The minimum Gasteiger partial charge on any atom is -0.341 e. The molecule has 18 heavy (non-hydrogen) atoms. The second kappa shape index (κ2) is 5.24. The molecule has 4 heteroatoms. The number of halogens is 1. The Morgan fingerprint density at radius 2 is 2.06 bits per heavy atom. The first-order valence-corrected chi connectivity index (χ1v) is 7.11. The number of rotatable bonds is 5. The van der Waals surface area contributed by atoms with Crippen LogP contribution in [0.4, 0.5) is 0 Å². The molecule has 0 saturated heterocycles. The number of nitrogens with one attached hydrogen (secondary N) is 2. The molecule has 0 unspecified atom stereocenters. The Morgan fingerprint density at radius 1 is 1.28 bits per heavy atom. The molecule has 3 nitrogen and oxygen atoms in total. The highest BCUT2D eigenvalue weighted by atomic mass is 79.9. The maximum atomic E-state index is 4.40. The molecule has 94 valence electrons. The van der Waals surface area contributed by atoms with E-state index in [1.165, 1.54) is 18.4 Å². The van der Waals surface area contributed by atoms with Crippen molar-refractivity contribution in [1.29, 1.82) is 0 Å². The number of H-pyrrole nitrogens is 1. The van der Waals surface area contributed by atoms with Crippen LogP contribution in [0.2, 0.25) is 0 Å². The standard InChI is InChI=1S/C14H16BrN3/c15-12-5-3-11(4-6-12)13-8-17-14(18-13)9-16-7-10-1-2-10/h3-6,8,10,16H,1-2,7,9H2,(H,17,18). The van der Waals surface area contributed by atoms with Gasteiger partial charge in [-0.3, -0.25) is 0 Å². The summed E-state index contributed by atoms with van der Waals surface area (Å²) < 4.78 is 1.09. The predicted octanol–water partition coefficient (Wildman–Crippen LogP) is 3.34. The normalized spacial score (nSPS) is 14.9. The summed E-state index contributed by atoms with van der Waals surface area (Å²) in [6, 6.07) is 8.25. The lowest BCUT2D eigenvalue weighted by Crippen LogP contribution is -2.16. The summed E-state index contributed by atoms with van der Waals surface area (Å²) in [6.45, 7) is 1.95. The van der Waals surface area contributed by atoms with Crippen LogP contribution < -0.4 is 5.32 Å². The van der Waals surface area contributed by atoms with Gasteiger partial charge in [0.05, 0.1) is 18.4 Å². The molecule has 2 aromatic rings. The smallest absolute Gasteiger partial charge is 0.120 e. The van der Waals surface area contributed by atoms with Gasteiger partial charge >= 0.3 is 0 Å². The monoisotopic (exact) mass is 305 g/mol. The molecule has 1 heterocycles. The zero-order valence-corrected chi connectivity index (χ0v) is 11.7. The van der Waals surface area contributed by atoms with E-state index in [0.29, 0.717) is 0 Å². The van der Waals surface area contributed by atoms with Crippen molar-refractivity contribution in [2.45, 2.75) is 19.4 Å². The minimum atomic E-state index is 0.826. The Kier molecular flexibility index (Phi) is 3.48. The molecule has 1 fully saturated rings. The van der Waals surface area contributed by atoms with Crippen LogP contribution in [0.15, 0.2) is 34.9 Å². The highest BCUT2D eigenvalue weighted by Crippen LogP contribution is 2.27. The molecule has 1 aromatic heterocycles. The largest absolute Gasteiger partial charge is 0.341 e. The Morgan fingerprint density at radius 3 is 2.78 bits per heavy atom. The Balaban J connectivity index is 1.62. The molecule has 0 amide bonds. The number of hydrogen-bond acceptors (Lipinski definition) is 2. The quantitative estimate of drug-likeness (QED) is 0.889. The molecule has 0 bridgehead atoms. The van der Waals surface area contributed by atoms with Crippen LogP contribution in [0, 0.1) is 5.92 Å². The third-order valence-corrected chi connectivity index (χ3v) is 3.73. The number of aromatic amines is 1. The van der Waals surface area contributed by atoms with Crippen molar-refractivity contribution < 1.29 is 0 Å². The molecule has 1 aliphatic carbocycles. The van der Waals surface area contributed by atoms with Crippen molar-refractivity contribution in [1.82, 2.24) is 15.3 Å². The fraction of sp³-hybridized carbons (Fsp3) is 0.357. The number of hydrogen-bond donors (Lipinski definition) is 2. The van der Waals surface area contributed by atoms with Gasteiger partial charge < -0.3 is 10.3 Å². The first-order valence-electron chi connectivity index (χ1n) is 6.32. The maximum absolute atomic E-state index is 4.40. The van der Waals surface area contributed by atoms with E-state index in [0.717, 1.165) is 35.0 Å². The summed E-state index contributed by atoms with van der Waals surface area (Å²) in [4.78, 5) is 7.76. The van der Waals surface area contributed by atoms with Gasteiger partial charge in [0.25, 0.3) is 0 Å². The fourth-order valence-electron chi connectivity index (χ4n) is 1.95. The fourth-order valence-corrected chi connectivity index (χ4v) is 2.21. The highest BCUT2D eigenvalue weighted by molar-refractivity contribution is 9.10. The SMILES string of the molecule is Brc1ccc(-c2cnc(CNCC3CC3)[nH]2)cc1. The summed E-state index contributed by atoms with van der Waals surface area (Å²) in [5.74, 6) is 1.92. The van der Waals surface area contributed by atoms with Crippen LogP contribution in [0.1, 0.15) is 18.7 Å². The molecule has 3 rings (SSSR count). The van der Waals surface area contributed by atoms with E-state index in [2.05, 4.69) is 43.3 Å². The van der Waals surface area contributed by atoms with Gasteiger partial charge in [0, 0.05) is 4.47 Å². The van der Waals surface area contributed by atoms with Crippen LogP contribution >= 0.6 is 15.9 Å². The van der Waals surface area contributed by atoms with Crippen LogP contribution in [0.3, 0.4) is 0 Å². The zero-order chi connectivity index (χ0) is 12.4. The van der Waals surface area contributed by atoms with Gasteiger partial charge in [0.1, 0.15) is 5.82 Å². The molecule has 1 aromatic carbocycles. The number of imidazole rings is 1. The average molecular weight is 306 g/mol. The van der Waals surface area contributed by atoms with E-state index in [1.807, 2.05) is 18.3 Å². The molecule has 2 N–H and O–H groups in total. The summed E-state index contributed by atoms with van der Waals surface area (Å²) in [5.41, 5.74) is 2.24. The van der Waals surface area contributed by atoms with Gasteiger partial charge in [-0.15, -0.1) is 0 Å². The van der Waals surface area contributed by atoms with Gasteiger partial charge in [-0.2, -0.15) is 0 Å². The third-order valence-electron chi connectivity index (χ3n) is 3.21. The predicted molar refractivity (Wildman–Crippen MR) is 76.2 cm³/mol. The van der Waals surface area contributed by atoms with E-state index in [9.17, 15) is 0 Å². The number of nitrogens with zero attached hydrogens (tertiary/aromatic N) is 1. The van der Waals surface area contributed by atoms with Crippen molar-refractivity contribution in [2.24, 2.45) is 5.92 Å². The van der Waals surface area contributed by atoms with E-state index in [4.69, 9.17) is 0 Å². The Hall–Kier alpha value is -1.13. The lowest BCUT2D eigenvalue weighted by Gasteiger charge is -2.00. The van der Waals surface area contributed by atoms with Gasteiger partial charge in [-0.05, 0) is 43.0 Å². The molecular formula is C14H16BrN3. The number of aromatic nitrogens is 2. The van der Waals surface area contributed by atoms with Crippen molar-refractivity contribution in [3.05, 3.63) is 40.8 Å². The molecule has 0 aliphatic heterocycles. The lowest BCUT2D eigenvalue weighted by molar-refractivity contribution is 0.623. The van der Waals surface area contributed by atoms with Crippen molar-refractivity contribution in [3.8, 4) is 11.3 Å². The van der Waals surface area contributed by atoms with Crippen molar-refractivity contribution in [2.75, 3.05) is 6.54 Å². The van der Waals surface area contributed by atoms with Gasteiger partial charge in [-0.25, -0.2) is 4.98 Å². The van der Waals surface area contributed by atoms with Crippen LogP contribution in [-0.4, -0.2) is 16.5 Å². The summed E-state index contributed by atoms with van der Waals surface area (Å²) in [6.07, 6.45) is 4.67. The second-order valence-electron chi connectivity index (χ2n) is 4.82. The number of benzene rings is 1. The van der Waals surface area contributed by atoms with Crippen LogP contribution in [0.25, 0.3) is 11.3 Å². The molecule has 0 radical (unpaired) electrons. The second-order valence-corrected chi connectivity index (χ2v) is 5.74. The first-order chi connectivity index (χ1) is 8.81. The Bertz CT molecular complexity index is 514.